The van der Waals surface area contributed by atoms with Crippen molar-refractivity contribution in [2.75, 3.05) is 13.1 Å². The van der Waals surface area contributed by atoms with Gasteiger partial charge >= 0.3 is 0 Å². The van der Waals surface area contributed by atoms with E-state index in [2.05, 4.69) is 46.3 Å². The highest BCUT2D eigenvalue weighted by molar-refractivity contribution is 6.30. The number of halogens is 3. The Morgan fingerprint density at radius 1 is 1.09 bits per heavy atom. The highest BCUT2D eigenvalue weighted by Crippen LogP contribution is 2.37. The molecule has 1 aromatic carbocycles. The Kier molecular flexibility index (Phi) is 5.55. The second-order valence-electron chi connectivity index (χ2n) is 8.57. The number of rotatable bonds is 4. The zero-order chi connectivity index (χ0) is 22.4. The van der Waals surface area contributed by atoms with E-state index in [0.29, 0.717) is 5.56 Å². The summed E-state index contributed by atoms with van der Waals surface area (Å²) in [5.74, 6) is -1.49. The zero-order valence-electron chi connectivity index (χ0n) is 18.0. The van der Waals surface area contributed by atoms with Crippen molar-refractivity contribution >= 4 is 17.3 Å². The normalized spacial score (nSPS) is 23.8. The van der Waals surface area contributed by atoms with Crippen LogP contribution in [0.3, 0.4) is 0 Å². The van der Waals surface area contributed by atoms with Crippen molar-refractivity contribution in [1.82, 2.24) is 19.4 Å². The van der Waals surface area contributed by atoms with Gasteiger partial charge in [-0.1, -0.05) is 11.6 Å². The lowest BCUT2D eigenvalue weighted by Gasteiger charge is -2.40. The molecule has 0 saturated carbocycles. The number of fused-ring (bicyclic) bond motifs is 1. The first-order chi connectivity index (χ1) is 15.4. The number of benzene rings is 1. The molecule has 5 nitrogen and oxygen atoms in total. The Morgan fingerprint density at radius 3 is 2.56 bits per heavy atom. The van der Waals surface area contributed by atoms with Crippen LogP contribution in [0.1, 0.15) is 37.1 Å². The summed E-state index contributed by atoms with van der Waals surface area (Å²) in [4.78, 5) is 8.84. The SMILES string of the molecule is Cc1cn(C2=CN3CCN([C@@H](C)[C@@H]4CC[C@H](c5cc(F)c(Cl)c(F)c5)O4)C=C3C=C2)cn1. The van der Waals surface area contributed by atoms with Crippen LogP contribution in [0.25, 0.3) is 5.70 Å². The molecule has 0 amide bonds. The maximum atomic E-state index is 13.9. The van der Waals surface area contributed by atoms with Gasteiger partial charge in [-0.2, -0.15) is 0 Å². The number of aromatic nitrogens is 2. The molecule has 3 atom stereocenters. The molecule has 3 aliphatic heterocycles. The van der Waals surface area contributed by atoms with Crippen LogP contribution in [0.2, 0.25) is 5.02 Å². The van der Waals surface area contributed by atoms with Crippen LogP contribution in [-0.2, 0) is 4.74 Å². The lowest BCUT2D eigenvalue weighted by molar-refractivity contribution is -0.000435. The topological polar surface area (TPSA) is 33.5 Å². The molecule has 0 spiro atoms. The molecular weight excluding hydrogens is 434 g/mol. The van der Waals surface area contributed by atoms with Gasteiger partial charge in [0.15, 0.2) is 0 Å². The molecule has 1 aromatic heterocycles. The minimum atomic E-state index is -0.745. The number of aryl methyl sites for hydroxylation is 1. The molecule has 32 heavy (non-hydrogen) atoms. The number of allylic oxidation sites excluding steroid dienone is 3. The minimum Gasteiger partial charge on any atom is -0.369 e. The summed E-state index contributed by atoms with van der Waals surface area (Å²) in [6, 6.07) is 2.71. The molecule has 8 heteroatoms. The third kappa shape index (κ3) is 3.95. The van der Waals surface area contributed by atoms with Crippen molar-refractivity contribution in [3.63, 3.8) is 0 Å². The molecule has 0 radical (unpaired) electrons. The molecule has 1 fully saturated rings. The van der Waals surface area contributed by atoms with Gasteiger partial charge in [-0.3, -0.25) is 0 Å². The molecule has 0 N–H and O–H groups in total. The molecule has 168 valence electrons. The molecule has 0 aliphatic carbocycles. The van der Waals surface area contributed by atoms with Crippen LogP contribution in [-0.4, -0.2) is 44.6 Å². The third-order valence-corrected chi connectivity index (χ3v) is 6.80. The summed E-state index contributed by atoms with van der Waals surface area (Å²) in [5.41, 5.74) is 3.69. The summed E-state index contributed by atoms with van der Waals surface area (Å²) < 4.78 is 36.0. The zero-order valence-corrected chi connectivity index (χ0v) is 18.8. The first kappa shape index (κ1) is 21.2. The van der Waals surface area contributed by atoms with Crippen LogP contribution >= 0.6 is 11.6 Å². The van der Waals surface area contributed by atoms with E-state index in [-0.39, 0.29) is 18.2 Å². The van der Waals surface area contributed by atoms with Crippen molar-refractivity contribution in [2.24, 2.45) is 0 Å². The number of imidazole rings is 1. The van der Waals surface area contributed by atoms with Crippen LogP contribution in [0.4, 0.5) is 8.78 Å². The minimum absolute atomic E-state index is 0.0159. The Labute approximate surface area is 191 Å². The van der Waals surface area contributed by atoms with Gasteiger partial charge in [0.05, 0.1) is 41.7 Å². The maximum Gasteiger partial charge on any atom is 0.145 e. The summed E-state index contributed by atoms with van der Waals surface area (Å²) in [6.45, 7) is 5.84. The average molecular weight is 459 g/mol. The second-order valence-corrected chi connectivity index (χ2v) is 8.95. The number of hydrogen-bond donors (Lipinski definition) is 0. The van der Waals surface area contributed by atoms with Gasteiger partial charge in [-0.15, -0.1) is 0 Å². The monoisotopic (exact) mass is 458 g/mol. The van der Waals surface area contributed by atoms with E-state index in [1.165, 1.54) is 12.1 Å². The summed E-state index contributed by atoms with van der Waals surface area (Å²) in [6.07, 6.45) is 13.6. The molecule has 0 bridgehead atoms. The van der Waals surface area contributed by atoms with E-state index in [1.54, 1.807) is 0 Å². The average Bonchev–Trinajstić information content (AvgIpc) is 3.45. The highest BCUT2D eigenvalue weighted by atomic mass is 35.5. The van der Waals surface area contributed by atoms with Gasteiger partial charge in [-0.05, 0) is 56.5 Å². The van der Waals surface area contributed by atoms with Gasteiger partial charge in [0.2, 0.25) is 0 Å². The maximum absolute atomic E-state index is 13.9. The van der Waals surface area contributed by atoms with Crippen LogP contribution < -0.4 is 0 Å². The molecule has 5 rings (SSSR count). The predicted octanol–water partition coefficient (Wildman–Crippen LogP) is 5.26. The fourth-order valence-electron chi connectivity index (χ4n) is 4.59. The van der Waals surface area contributed by atoms with Gasteiger partial charge in [0.1, 0.15) is 16.7 Å². The summed E-state index contributed by atoms with van der Waals surface area (Å²) >= 11 is 5.62. The molecule has 0 unspecified atom stereocenters. The first-order valence-electron chi connectivity index (χ1n) is 10.8. The standard InChI is InChI=1S/C24H25ClF2N4O/c1-15-11-31(14-28-15)19-4-3-18-12-29(7-8-30(18)13-19)16(2)22-5-6-23(32-22)17-9-20(26)24(25)21(27)10-17/h3-4,9-14,16,22-23H,5-8H2,1-2H3/t16-,22-,23+/m0/s1. The van der Waals surface area contributed by atoms with Gasteiger partial charge in [-0.25, -0.2) is 13.8 Å². The number of ether oxygens (including phenoxy) is 1. The largest absolute Gasteiger partial charge is 0.369 e. The molecule has 3 aliphatic rings. The number of nitrogens with zero attached hydrogens (tertiary/aromatic N) is 4. The van der Waals surface area contributed by atoms with Gasteiger partial charge in [0.25, 0.3) is 0 Å². The Hall–Kier alpha value is -2.64. The summed E-state index contributed by atoms with van der Waals surface area (Å²) in [5, 5.41) is -0.470. The summed E-state index contributed by atoms with van der Waals surface area (Å²) in [7, 11) is 0. The molecule has 2 aromatic rings. The van der Waals surface area contributed by atoms with Crippen molar-refractivity contribution in [3.05, 3.63) is 82.8 Å². The lowest BCUT2D eigenvalue weighted by Crippen LogP contribution is -2.45. The van der Waals surface area contributed by atoms with Gasteiger partial charge in [0, 0.05) is 31.7 Å². The van der Waals surface area contributed by atoms with E-state index in [1.807, 2.05) is 24.0 Å². The molecule has 1 saturated heterocycles. The predicted molar refractivity (Wildman–Crippen MR) is 120 cm³/mol. The first-order valence-corrected chi connectivity index (χ1v) is 11.2. The van der Waals surface area contributed by atoms with Crippen molar-refractivity contribution < 1.29 is 13.5 Å². The highest BCUT2D eigenvalue weighted by Gasteiger charge is 2.34. The molecular formula is C24H25ClF2N4O. The van der Waals surface area contributed by atoms with Crippen molar-refractivity contribution in [3.8, 4) is 0 Å². The fraction of sp³-hybridized carbons (Fsp3) is 0.375. The van der Waals surface area contributed by atoms with Crippen LogP contribution in [0.5, 0.6) is 0 Å². The Bertz CT molecular complexity index is 1100. The van der Waals surface area contributed by atoms with Crippen LogP contribution in [0.15, 0.2) is 54.9 Å². The van der Waals surface area contributed by atoms with Crippen molar-refractivity contribution in [1.29, 1.82) is 0 Å². The second kappa shape index (κ2) is 8.37. The van der Waals surface area contributed by atoms with E-state index >= 15 is 0 Å². The van der Waals surface area contributed by atoms with Gasteiger partial charge < -0.3 is 19.1 Å². The Balaban J connectivity index is 1.26. The quantitative estimate of drug-likeness (QED) is 0.585. The lowest BCUT2D eigenvalue weighted by atomic mass is 10.0. The van der Waals surface area contributed by atoms with E-state index in [0.717, 1.165) is 43.0 Å². The van der Waals surface area contributed by atoms with E-state index in [4.69, 9.17) is 16.3 Å². The van der Waals surface area contributed by atoms with Crippen LogP contribution in [0, 0.1) is 18.6 Å². The van der Waals surface area contributed by atoms with Crippen molar-refractivity contribution in [2.45, 2.75) is 44.9 Å². The van der Waals surface area contributed by atoms with E-state index < -0.39 is 16.7 Å². The fourth-order valence-corrected chi connectivity index (χ4v) is 4.70. The smallest absolute Gasteiger partial charge is 0.145 e. The third-order valence-electron chi connectivity index (χ3n) is 6.44. The molecule has 4 heterocycles. The number of hydrogen-bond acceptors (Lipinski definition) is 4. The van der Waals surface area contributed by atoms with E-state index in [9.17, 15) is 8.78 Å². The Morgan fingerprint density at radius 2 is 1.84 bits per heavy atom.